The third-order valence-electron chi connectivity index (χ3n) is 1.66. The van der Waals surface area contributed by atoms with Crippen LogP contribution in [0.25, 0.3) is 0 Å². The summed E-state index contributed by atoms with van der Waals surface area (Å²) in [5.74, 6) is 0.206. The Balaban J connectivity index is 2.64. The molecule has 0 fully saturated rings. The molecule has 0 aromatic carbocycles. The topological polar surface area (TPSA) is 120 Å². The van der Waals surface area contributed by atoms with Crippen molar-refractivity contribution >= 4 is 21.7 Å². The van der Waals surface area contributed by atoms with Crippen LogP contribution in [0.3, 0.4) is 0 Å². The summed E-state index contributed by atoms with van der Waals surface area (Å²) in [5, 5.41) is 2.74. The third-order valence-corrected chi connectivity index (χ3v) is 2.61. The summed E-state index contributed by atoms with van der Waals surface area (Å²) in [6.07, 6.45) is 1.15. The molecule has 96 valence electrons. The van der Waals surface area contributed by atoms with Crippen LogP contribution in [0.1, 0.15) is 6.92 Å². The van der Waals surface area contributed by atoms with E-state index in [9.17, 15) is 8.42 Å². The van der Waals surface area contributed by atoms with Crippen molar-refractivity contribution in [3.63, 3.8) is 0 Å². The van der Waals surface area contributed by atoms with Crippen molar-refractivity contribution < 1.29 is 13.2 Å². The quantitative estimate of drug-likeness (QED) is 0.690. The summed E-state index contributed by atoms with van der Waals surface area (Å²) >= 11 is 0. The van der Waals surface area contributed by atoms with Gasteiger partial charge < -0.3 is 15.8 Å². The first-order chi connectivity index (χ1) is 7.90. The van der Waals surface area contributed by atoms with Gasteiger partial charge in [0, 0.05) is 12.8 Å². The zero-order valence-electron chi connectivity index (χ0n) is 9.67. The highest BCUT2D eigenvalue weighted by atomic mass is 32.2. The minimum absolute atomic E-state index is 0.0114. The number of rotatable bonds is 6. The van der Waals surface area contributed by atoms with Crippen molar-refractivity contribution in [2.75, 3.05) is 36.2 Å². The molecule has 0 atom stereocenters. The van der Waals surface area contributed by atoms with E-state index in [1.807, 2.05) is 0 Å². The fourth-order valence-electron chi connectivity index (χ4n) is 0.993. The second-order valence-corrected chi connectivity index (χ2v) is 5.55. The Morgan fingerprint density at radius 1 is 1.35 bits per heavy atom. The maximum Gasteiger partial charge on any atom is 0.323 e. The Morgan fingerprint density at radius 2 is 2.06 bits per heavy atom. The summed E-state index contributed by atoms with van der Waals surface area (Å²) in [6, 6.07) is 0.113. The Bertz CT molecular complexity index is 476. The molecule has 0 saturated carbocycles. The molecule has 0 aliphatic carbocycles. The highest BCUT2D eigenvalue weighted by molar-refractivity contribution is 7.90. The lowest BCUT2D eigenvalue weighted by Gasteiger charge is -2.06. The average molecular weight is 261 g/mol. The summed E-state index contributed by atoms with van der Waals surface area (Å²) < 4.78 is 26.9. The first-order valence-electron chi connectivity index (χ1n) is 4.96. The maximum absolute atomic E-state index is 10.9. The Labute approximate surface area is 99.5 Å². The van der Waals surface area contributed by atoms with E-state index in [-0.39, 0.29) is 30.2 Å². The van der Waals surface area contributed by atoms with E-state index >= 15 is 0 Å². The number of nitrogens with zero attached hydrogens (tertiary/aromatic N) is 3. The molecule has 0 unspecified atom stereocenters. The van der Waals surface area contributed by atoms with Crippen LogP contribution in [-0.2, 0) is 9.84 Å². The molecule has 8 nitrogen and oxygen atoms in total. The molecule has 0 saturated heterocycles. The molecule has 0 aliphatic rings. The van der Waals surface area contributed by atoms with Gasteiger partial charge in [-0.3, -0.25) is 0 Å². The minimum atomic E-state index is -3.02. The molecule has 1 aromatic heterocycles. The van der Waals surface area contributed by atoms with E-state index in [0.717, 1.165) is 6.26 Å². The molecule has 1 heterocycles. The third kappa shape index (κ3) is 5.29. The van der Waals surface area contributed by atoms with Gasteiger partial charge in [-0.15, -0.1) is 0 Å². The van der Waals surface area contributed by atoms with Gasteiger partial charge in [-0.1, -0.05) is 0 Å². The molecule has 0 amide bonds. The van der Waals surface area contributed by atoms with Gasteiger partial charge >= 0.3 is 6.01 Å². The fraction of sp³-hybridized carbons (Fsp3) is 0.625. The summed E-state index contributed by atoms with van der Waals surface area (Å²) in [6.45, 7) is 2.40. The minimum Gasteiger partial charge on any atom is -0.464 e. The predicted octanol–water partition coefficient (Wildman–Crippen LogP) is -0.691. The number of hydrogen-bond donors (Lipinski definition) is 2. The van der Waals surface area contributed by atoms with E-state index < -0.39 is 9.84 Å². The van der Waals surface area contributed by atoms with Crippen LogP contribution in [-0.4, -0.2) is 48.5 Å². The van der Waals surface area contributed by atoms with Crippen molar-refractivity contribution in [2.45, 2.75) is 6.92 Å². The Morgan fingerprint density at radius 3 is 2.65 bits per heavy atom. The zero-order chi connectivity index (χ0) is 12.9. The molecule has 0 bridgehead atoms. The first-order valence-corrected chi connectivity index (χ1v) is 7.02. The number of anilines is 2. The number of nitrogen functional groups attached to an aromatic ring is 1. The number of hydrogen-bond acceptors (Lipinski definition) is 8. The normalized spacial score (nSPS) is 11.2. The molecule has 1 aromatic rings. The number of aromatic nitrogens is 3. The molecule has 0 spiro atoms. The van der Waals surface area contributed by atoms with Crippen molar-refractivity contribution in [2.24, 2.45) is 0 Å². The van der Waals surface area contributed by atoms with E-state index in [1.165, 1.54) is 0 Å². The lowest BCUT2D eigenvalue weighted by molar-refractivity contribution is 0.312. The smallest absolute Gasteiger partial charge is 0.323 e. The van der Waals surface area contributed by atoms with E-state index in [4.69, 9.17) is 10.5 Å². The van der Waals surface area contributed by atoms with Gasteiger partial charge in [0.25, 0.3) is 0 Å². The van der Waals surface area contributed by atoms with Gasteiger partial charge in [-0.2, -0.15) is 15.0 Å². The van der Waals surface area contributed by atoms with Gasteiger partial charge in [0.15, 0.2) is 0 Å². The predicted molar refractivity (Wildman–Crippen MR) is 63.6 cm³/mol. The SMILES string of the molecule is CCOc1nc(N)nc(NCCS(C)(=O)=O)n1. The van der Waals surface area contributed by atoms with Crippen LogP contribution in [0.15, 0.2) is 0 Å². The van der Waals surface area contributed by atoms with Crippen molar-refractivity contribution in [1.29, 1.82) is 0 Å². The van der Waals surface area contributed by atoms with Gasteiger partial charge in [-0.25, -0.2) is 8.42 Å². The van der Waals surface area contributed by atoms with Crippen LogP contribution >= 0.6 is 0 Å². The molecule has 3 N–H and O–H groups in total. The van der Waals surface area contributed by atoms with E-state index in [0.29, 0.717) is 6.61 Å². The zero-order valence-corrected chi connectivity index (χ0v) is 10.5. The van der Waals surface area contributed by atoms with Crippen LogP contribution in [0.4, 0.5) is 11.9 Å². The first kappa shape index (κ1) is 13.4. The monoisotopic (exact) mass is 261 g/mol. The van der Waals surface area contributed by atoms with Crippen LogP contribution < -0.4 is 15.8 Å². The van der Waals surface area contributed by atoms with Gasteiger partial charge in [-0.05, 0) is 6.92 Å². The van der Waals surface area contributed by atoms with Gasteiger partial charge in [0.2, 0.25) is 11.9 Å². The standard InChI is InChI=1S/C8H15N5O3S/c1-3-16-8-12-6(9)11-7(13-8)10-4-5-17(2,14)15/h3-5H2,1-2H3,(H3,9,10,11,12,13). The van der Waals surface area contributed by atoms with Crippen molar-refractivity contribution in [3.05, 3.63) is 0 Å². The van der Waals surface area contributed by atoms with Crippen LogP contribution in [0.2, 0.25) is 0 Å². The highest BCUT2D eigenvalue weighted by Crippen LogP contribution is 2.08. The fourth-order valence-corrected chi connectivity index (χ4v) is 1.47. The van der Waals surface area contributed by atoms with E-state index in [2.05, 4.69) is 20.3 Å². The molecule has 0 radical (unpaired) electrons. The number of nitrogens with one attached hydrogen (secondary N) is 1. The number of nitrogens with two attached hydrogens (primary N) is 1. The van der Waals surface area contributed by atoms with Crippen molar-refractivity contribution in [3.8, 4) is 6.01 Å². The lowest BCUT2D eigenvalue weighted by Crippen LogP contribution is -2.16. The number of ether oxygens (including phenoxy) is 1. The second-order valence-electron chi connectivity index (χ2n) is 3.29. The average Bonchev–Trinajstić information content (AvgIpc) is 2.15. The highest BCUT2D eigenvalue weighted by Gasteiger charge is 2.06. The maximum atomic E-state index is 10.9. The Hall–Kier alpha value is -1.64. The van der Waals surface area contributed by atoms with Crippen molar-refractivity contribution in [1.82, 2.24) is 15.0 Å². The van der Waals surface area contributed by atoms with Crippen LogP contribution in [0.5, 0.6) is 6.01 Å². The summed E-state index contributed by atoms with van der Waals surface area (Å²) in [7, 11) is -3.02. The molecular weight excluding hydrogens is 246 g/mol. The molecule has 0 aliphatic heterocycles. The van der Waals surface area contributed by atoms with Crippen LogP contribution in [0, 0.1) is 0 Å². The largest absolute Gasteiger partial charge is 0.464 e. The lowest BCUT2D eigenvalue weighted by atomic mass is 10.7. The van der Waals surface area contributed by atoms with E-state index in [1.54, 1.807) is 6.92 Å². The second kappa shape index (κ2) is 5.62. The van der Waals surface area contributed by atoms with Gasteiger partial charge in [0.05, 0.1) is 12.4 Å². The van der Waals surface area contributed by atoms with Gasteiger partial charge in [0.1, 0.15) is 9.84 Å². The summed E-state index contributed by atoms with van der Waals surface area (Å²) in [5.41, 5.74) is 5.45. The molecular formula is C8H15N5O3S. The molecule has 1 rings (SSSR count). The molecule has 17 heavy (non-hydrogen) atoms. The number of sulfone groups is 1. The molecule has 9 heteroatoms. The summed E-state index contributed by atoms with van der Waals surface area (Å²) in [4.78, 5) is 11.5. The Kier molecular flexibility index (Phi) is 4.44.